The molecule has 3 aromatic rings. The maximum Gasteiger partial charge on any atom is 0.161 e. The van der Waals surface area contributed by atoms with Crippen LogP contribution in [0, 0.1) is 0 Å². The van der Waals surface area contributed by atoms with E-state index in [9.17, 15) is 0 Å². The molecule has 0 unspecified atom stereocenters. The highest BCUT2D eigenvalue weighted by Crippen LogP contribution is 2.32. The standard InChI is InChI=1S/C17H16N2O2/c1-20-15-9-8-13(10-16(15)21-2)14-11-18-17(19-14)12-6-4-3-5-7-12/h3-11H,1-2H3,(H,18,19). The van der Waals surface area contributed by atoms with E-state index in [1.165, 1.54) is 0 Å². The van der Waals surface area contributed by atoms with Gasteiger partial charge in [-0.3, -0.25) is 0 Å². The van der Waals surface area contributed by atoms with Gasteiger partial charge in [0.05, 0.1) is 19.9 Å². The van der Waals surface area contributed by atoms with E-state index in [0.717, 1.165) is 22.6 Å². The number of hydrogen-bond acceptors (Lipinski definition) is 3. The first-order valence-corrected chi connectivity index (χ1v) is 6.65. The SMILES string of the molecule is COc1ccc(-c2c[nH]c(-c3ccccc3)n2)cc1OC. The quantitative estimate of drug-likeness (QED) is 0.791. The van der Waals surface area contributed by atoms with Crippen LogP contribution in [0.4, 0.5) is 0 Å². The van der Waals surface area contributed by atoms with Gasteiger partial charge in [0.15, 0.2) is 11.5 Å². The smallest absolute Gasteiger partial charge is 0.161 e. The molecule has 1 N–H and O–H groups in total. The first-order chi connectivity index (χ1) is 10.3. The maximum absolute atomic E-state index is 5.33. The summed E-state index contributed by atoms with van der Waals surface area (Å²) in [6, 6.07) is 15.8. The molecule has 0 amide bonds. The third-order valence-electron chi connectivity index (χ3n) is 3.30. The van der Waals surface area contributed by atoms with Crippen molar-refractivity contribution in [1.82, 2.24) is 9.97 Å². The first kappa shape index (κ1) is 13.2. The van der Waals surface area contributed by atoms with Crippen LogP contribution in [0.5, 0.6) is 11.5 Å². The molecular formula is C17H16N2O2. The Kier molecular flexibility index (Phi) is 3.60. The summed E-state index contributed by atoms with van der Waals surface area (Å²) in [6.45, 7) is 0. The van der Waals surface area contributed by atoms with Gasteiger partial charge in [0, 0.05) is 17.3 Å². The second-order valence-electron chi connectivity index (χ2n) is 4.57. The zero-order chi connectivity index (χ0) is 14.7. The van der Waals surface area contributed by atoms with E-state index in [4.69, 9.17) is 9.47 Å². The summed E-state index contributed by atoms with van der Waals surface area (Å²) in [5, 5.41) is 0. The molecule has 4 heteroatoms. The first-order valence-electron chi connectivity index (χ1n) is 6.65. The van der Waals surface area contributed by atoms with Crippen molar-refractivity contribution in [2.75, 3.05) is 14.2 Å². The third-order valence-corrected chi connectivity index (χ3v) is 3.30. The van der Waals surface area contributed by atoms with Crippen LogP contribution >= 0.6 is 0 Å². The van der Waals surface area contributed by atoms with Crippen molar-refractivity contribution in [1.29, 1.82) is 0 Å². The second kappa shape index (κ2) is 5.71. The van der Waals surface area contributed by atoms with Gasteiger partial charge in [-0.25, -0.2) is 4.98 Å². The molecule has 21 heavy (non-hydrogen) atoms. The zero-order valence-corrected chi connectivity index (χ0v) is 12.0. The predicted octanol–water partition coefficient (Wildman–Crippen LogP) is 3.76. The van der Waals surface area contributed by atoms with Crippen molar-refractivity contribution in [3.63, 3.8) is 0 Å². The fourth-order valence-corrected chi connectivity index (χ4v) is 2.21. The lowest BCUT2D eigenvalue weighted by Gasteiger charge is -2.08. The van der Waals surface area contributed by atoms with Crippen LogP contribution in [0.3, 0.4) is 0 Å². The minimum absolute atomic E-state index is 0.694. The van der Waals surface area contributed by atoms with Crippen LogP contribution in [0.1, 0.15) is 0 Å². The highest BCUT2D eigenvalue weighted by Gasteiger charge is 2.09. The van der Waals surface area contributed by atoms with Crippen LogP contribution in [-0.4, -0.2) is 24.2 Å². The van der Waals surface area contributed by atoms with Crippen molar-refractivity contribution < 1.29 is 9.47 Å². The van der Waals surface area contributed by atoms with E-state index in [-0.39, 0.29) is 0 Å². The average molecular weight is 280 g/mol. The number of methoxy groups -OCH3 is 2. The number of rotatable bonds is 4. The summed E-state index contributed by atoms with van der Waals surface area (Å²) >= 11 is 0. The number of benzene rings is 2. The fourth-order valence-electron chi connectivity index (χ4n) is 2.21. The van der Waals surface area contributed by atoms with Gasteiger partial charge in [0.1, 0.15) is 5.82 Å². The number of nitrogens with zero attached hydrogens (tertiary/aromatic N) is 1. The van der Waals surface area contributed by atoms with Gasteiger partial charge in [-0.1, -0.05) is 30.3 Å². The van der Waals surface area contributed by atoms with Gasteiger partial charge >= 0.3 is 0 Å². The van der Waals surface area contributed by atoms with Crippen molar-refractivity contribution in [2.45, 2.75) is 0 Å². The van der Waals surface area contributed by atoms with E-state index in [1.54, 1.807) is 14.2 Å². The molecule has 2 aromatic carbocycles. The van der Waals surface area contributed by atoms with E-state index in [0.29, 0.717) is 11.5 Å². The molecule has 1 aromatic heterocycles. The summed E-state index contributed by atoms with van der Waals surface area (Å²) in [5.41, 5.74) is 2.91. The number of aromatic nitrogens is 2. The molecule has 0 saturated heterocycles. The van der Waals surface area contributed by atoms with E-state index >= 15 is 0 Å². The fraction of sp³-hybridized carbons (Fsp3) is 0.118. The lowest BCUT2D eigenvalue weighted by atomic mass is 10.1. The summed E-state index contributed by atoms with van der Waals surface area (Å²) in [7, 11) is 3.25. The Hall–Kier alpha value is -2.75. The highest BCUT2D eigenvalue weighted by molar-refractivity contribution is 5.67. The largest absolute Gasteiger partial charge is 0.493 e. The molecule has 4 nitrogen and oxygen atoms in total. The van der Waals surface area contributed by atoms with E-state index < -0.39 is 0 Å². The van der Waals surface area contributed by atoms with Crippen molar-refractivity contribution in [3.05, 3.63) is 54.7 Å². The predicted molar refractivity (Wildman–Crippen MR) is 82.6 cm³/mol. The highest BCUT2D eigenvalue weighted by atomic mass is 16.5. The molecule has 0 saturated carbocycles. The summed E-state index contributed by atoms with van der Waals surface area (Å²) in [4.78, 5) is 7.83. The molecule has 0 spiro atoms. The number of nitrogens with one attached hydrogen (secondary N) is 1. The van der Waals surface area contributed by atoms with Crippen LogP contribution in [-0.2, 0) is 0 Å². The van der Waals surface area contributed by atoms with E-state index in [1.807, 2.05) is 54.7 Å². The van der Waals surface area contributed by atoms with Crippen molar-refractivity contribution >= 4 is 0 Å². The van der Waals surface area contributed by atoms with Crippen molar-refractivity contribution in [2.24, 2.45) is 0 Å². The second-order valence-corrected chi connectivity index (χ2v) is 4.57. The third kappa shape index (κ3) is 2.60. The average Bonchev–Trinajstić information content (AvgIpc) is 3.05. The van der Waals surface area contributed by atoms with Crippen LogP contribution in [0.15, 0.2) is 54.7 Å². The topological polar surface area (TPSA) is 47.1 Å². The van der Waals surface area contributed by atoms with Gasteiger partial charge in [0.2, 0.25) is 0 Å². The molecule has 0 bridgehead atoms. The Morgan fingerprint density at radius 2 is 1.62 bits per heavy atom. The summed E-state index contributed by atoms with van der Waals surface area (Å²) in [5.74, 6) is 2.25. The summed E-state index contributed by atoms with van der Waals surface area (Å²) in [6.07, 6.45) is 1.89. The lowest BCUT2D eigenvalue weighted by molar-refractivity contribution is 0.355. The monoisotopic (exact) mass is 280 g/mol. The normalized spacial score (nSPS) is 10.4. The number of imidazole rings is 1. The van der Waals surface area contributed by atoms with Gasteiger partial charge < -0.3 is 14.5 Å². The number of hydrogen-bond donors (Lipinski definition) is 1. The molecule has 0 aliphatic rings. The van der Waals surface area contributed by atoms with E-state index in [2.05, 4.69) is 9.97 Å². The Balaban J connectivity index is 1.97. The van der Waals surface area contributed by atoms with Gasteiger partial charge in [-0.15, -0.1) is 0 Å². The lowest BCUT2D eigenvalue weighted by Crippen LogP contribution is -1.90. The number of aromatic amines is 1. The molecule has 106 valence electrons. The Morgan fingerprint density at radius 1 is 0.857 bits per heavy atom. The van der Waals surface area contributed by atoms with Gasteiger partial charge in [0.25, 0.3) is 0 Å². The molecule has 0 aliphatic carbocycles. The molecule has 0 aliphatic heterocycles. The Labute approximate surface area is 123 Å². The Bertz CT molecular complexity index is 736. The zero-order valence-electron chi connectivity index (χ0n) is 12.0. The molecule has 3 rings (SSSR count). The molecule has 0 radical (unpaired) electrons. The summed E-state index contributed by atoms with van der Waals surface area (Å²) < 4.78 is 10.6. The molecular weight excluding hydrogens is 264 g/mol. The van der Waals surface area contributed by atoms with Crippen molar-refractivity contribution in [3.8, 4) is 34.1 Å². The minimum atomic E-state index is 0.694. The molecule has 0 atom stereocenters. The van der Waals surface area contributed by atoms with Crippen LogP contribution in [0.25, 0.3) is 22.6 Å². The van der Waals surface area contributed by atoms with Crippen LogP contribution < -0.4 is 9.47 Å². The van der Waals surface area contributed by atoms with Gasteiger partial charge in [-0.2, -0.15) is 0 Å². The minimum Gasteiger partial charge on any atom is -0.493 e. The number of H-pyrrole nitrogens is 1. The number of ether oxygens (including phenoxy) is 2. The maximum atomic E-state index is 5.33. The van der Waals surface area contributed by atoms with Crippen LogP contribution in [0.2, 0.25) is 0 Å². The molecule has 1 heterocycles. The Morgan fingerprint density at radius 3 is 2.33 bits per heavy atom. The van der Waals surface area contributed by atoms with Gasteiger partial charge in [-0.05, 0) is 18.2 Å². The molecule has 0 fully saturated rings.